The molecule has 3 rings (SSSR count). The van der Waals surface area contributed by atoms with E-state index in [4.69, 9.17) is 10.3 Å². The topological polar surface area (TPSA) is 51.2 Å². The molecule has 1 atom stereocenters. The Morgan fingerprint density at radius 3 is 2.62 bits per heavy atom. The van der Waals surface area contributed by atoms with Gasteiger partial charge in [-0.2, -0.15) is 0 Å². The molecule has 0 aliphatic rings. The van der Waals surface area contributed by atoms with Crippen LogP contribution in [-0.2, 0) is 0 Å². The zero-order valence-corrected chi connectivity index (χ0v) is 13.6. The molecule has 0 amide bonds. The molecule has 3 aromatic rings. The molecule has 0 fully saturated rings. The highest BCUT2D eigenvalue weighted by atomic mass is 79.9. The summed E-state index contributed by atoms with van der Waals surface area (Å²) in [6.07, 6.45) is 0. The molecule has 3 nitrogen and oxygen atoms in total. The summed E-state index contributed by atoms with van der Waals surface area (Å²) < 4.78 is 7.01. The second kappa shape index (κ2) is 5.64. The average Bonchev–Trinajstić information content (AvgIpc) is 2.86. The van der Waals surface area contributed by atoms with Crippen LogP contribution in [0, 0.1) is 13.8 Å². The second-order valence-corrected chi connectivity index (χ2v) is 6.15. The van der Waals surface area contributed by atoms with E-state index in [1.54, 1.807) is 0 Å². The van der Waals surface area contributed by atoms with Crippen molar-refractivity contribution >= 4 is 26.9 Å². The van der Waals surface area contributed by atoms with Crippen LogP contribution in [0.25, 0.3) is 11.0 Å². The Morgan fingerprint density at radius 1 is 1.10 bits per heavy atom. The molecule has 0 saturated carbocycles. The Bertz CT molecular complexity index is 795. The van der Waals surface area contributed by atoms with Gasteiger partial charge in [-0.3, -0.25) is 5.84 Å². The lowest BCUT2D eigenvalue weighted by molar-refractivity contribution is 0.477. The molecule has 0 bridgehead atoms. The molecule has 0 aliphatic heterocycles. The molecule has 1 unspecified atom stereocenters. The van der Waals surface area contributed by atoms with Crippen molar-refractivity contribution in [3.63, 3.8) is 0 Å². The van der Waals surface area contributed by atoms with E-state index in [-0.39, 0.29) is 6.04 Å². The fourth-order valence-electron chi connectivity index (χ4n) is 2.46. The number of fused-ring (bicyclic) bond motifs is 1. The van der Waals surface area contributed by atoms with Crippen LogP contribution in [0.4, 0.5) is 0 Å². The summed E-state index contributed by atoms with van der Waals surface area (Å²) >= 11 is 3.56. The van der Waals surface area contributed by atoms with Gasteiger partial charge in [0, 0.05) is 9.86 Å². The first kappa shape index (κ1) is 14.3. The van der Waals surface area contributed by atoms with Crippen LogP contribution in [0.5, 0.6) is 0 Å². The molecule has 108 valence electrons. The summed E-state index contributed by atoms with van der Waals surface area (Å²) in [5.74, 6) is 6.57. The maximum atomic E-state index is 5.94. The Labute approximate surface area is 132 Å². The van der Waals surface area contributed by atoms with Gasteiger partial charge in [-0.25, -0.2) is 5.43 Å². The molecule has 1 heterocycles. The molecule has 0 saturated heterocycles. The normalized spacial score (nSPS) is 12.8. The molecular formula is C17H17BrN2O. The monoisotopic (exact) mass is 344 g/mol. The molecular weight excluding hydrogens is 328 g/mol. The van der Waals surface area contributed by atoms with Gasteiger partial charge in [-0.15, -0.1) is 0 Å². The quantitative estimate of drug-likeness (QED) is 0.548. The number of aryl methyl sites for hydroxylation is 2. The highest BCUT2D eigenvalue weighted by molar-refractivity contribution is 9.10. The van der Waals surface area contributed by atoms with E-state index in [9.17, 15) is 0 Å². The first-order valence-electron chi connectivity index (χ1n) is 6.81. The van der Waals surface area contributed by atoms with Gasteiger partial charge in [-0.05, 0) is 49.2 Å². The van der Waals surface area contributed by atoms with Gasteiger partial charge < -0.3 is 4.42 Å². The summed E-state index contributed by atoms with van der Waals surface area (Å²) in [5, 5.41) is 1.09. The first-order valence-corrected chi connectivity index (χ1v) is 7.60. The lowest BCUT2D eigenvalue weighted by Gasteiger charge is -2.14. The summed E-state index contributed by atoms with van der Waals surface area (Å²) in [7, 11) is 0. The van der Waals surface area contributed by atoms with Crippen LogP contribution < -0.4 is 11.3 Å². The molecule has 0 radical (unpaired) electrons. The number of rotatable bonds is 3. The Balaban J connectivity index is 2.06. The van der Waals surface area contributed by atoms with Crippen molar-refractivity contribution in [2.45, 2.75) is 19.9 Å². The molecule has 0 aliphatic carbocycles. The maximum absolute atomic E-state index is 5.94. The van der Waals surface area contributed by atoms with Gasteiger partial charge in [0.25, 0.3) is 0 Å². The van der Waals surface area contributed by atoms with E-state index >= 15 is 0 Å². The predicted octanol–water partition coefficient (Wildman–Crippen LogP) is 4.36. The van der Waals surface area contributed by atoms with Gasteiger partial charge in [0.1, 0.15) is 17.4 Å². The van der Waals surface area contributed by atoms with Crippen LogP contribution in [0.3, 0.4) is 0 Å². The predicted molar refractivity (Wildman–Crippen MR) is 89.0 cm³/mol. The van der Waals surface area contributed by atoms with E-state index in [0.29, 0.717) is 0 Å². The lowest BCUT2D eigenvalue weighted by Crippen LogP contribution is -2.28. The highest BCUT2D eigenvalue weighted by Gasteiger charge is 2.18. The third-order valence-electron chi connectivity index (χ3n) is 3.67. The minimum absolute atomic E-state index is 0.172. The fourth-order valence-corrected chi connectivity index (χ4v) is 2.85. The smallest absolute Gasteiger partial charge is 0.134 e. The van der Waals surface area contributed by atoms with Gasteiger partial charge in [0.05, 0.1) is 0 Å². The second-order valence-electron chi connectivity index (χ2n) is 5.30. The van der Waals surface area contributed by atoms with Crippen molar-refractivity contribution in [2.24, 2.45) is 5.84 Å². The van der Waals surface area contributed by atoms with Crippen molar-refractivity contribution in [3.8, 4) is 0 Å². The van der Waals surface area contributed by atoms with Gasteiger partial charge in [0.15, 0.2) is 0 Å². The molecule has 4 heteroatoms. The number of halogens is 1. The lowest BCUT2D eigenvalue weighted by atomic mass is 10.0. The zero-order valence-electron chi connectivity index (χ0n) is 12.0. The molecule has 2 aromatic carbocycles. The summed E-state index contributed by atoms with van der Waals surface area (Å²) in [5.41, 5.74) is 7.18. The Morgan fingerprint density at radius 2 is 1.90 bits per heavy atom. The molecule has 21 heavy (non-hydrogen) atoms. The molecule has 1 aromatic heterocycles. The number of furan rings is 1. The zero-order chi connectivity index (χ0) is 15.0. The van der Waals surface area contributed by atoms with Crippen LogP contribution in [0.2, 0.25) is 0 Å². The van der Waals surface area contributed by atoms with Crippen molar-refractivity contribution in [1.82, 2.24) is 5.43 Å². The standard InChI is InChI=1S/C17H17BrN2O/c1-10-3-6-15-13(7-10)9-16(21-15)17(20-19)12-5-4-11(2)14(18)8-12/h3-9,17,20H,19H2,1-2H3. The van der Waals surface area contributed by atoms with Crippen molar-refractivity contribution in [3.05, 3.63) is 69.4 Å². The maximum Gasteiger partial charge on any atom is 0.134 e. The number of nitrogens with one attached hydrogen (secondary N) is 1. The summed E-state index contributed by atoms with van der Waals surface area (Å²) in [4.78, 5) is 0. The van der Waals surface area contributed by atoms with Crippen molar-refractivity contribution < 1.29 is 4.42 Å². The van der Waals surface area contributed by atoms with E-state index in [1.165, 1.54) is 11.1 Å². The molecule has 3 N–H and O–H groups in total. The third kappa shape index (κ3) is 2.75. The van der Waals surface area contributed by atoms with Crippen LogP contribution in [0.15, 0.2) is 51.4 Å². The van der Waals surface area contributed by atoms with Gasteiger partial charge in [-0.1, -0.05) is 39.7 Å². The van der Waals surface area contributed by atoms with E-state index in [0.717, 1.165) is 26.8 Å². The Kier molecular flexibility index (Phi) is 3.85. The number of hydrogen-bond acceptors (Lipinski definition) is 3. The van der Waals surface area contributed by atoms with Crippen LogP contribution in [0.1, 0.15) is 28.5 Å². The number of hydrazine groups is 1. The van der Waals surface area contributed by atoms with E-state index in [2.05, 4.69) is 59.5 Å². The van der Waals surface area contributed by atoms with Crippen molar-refractivity contribution in [1.29, 1.82) is 0 Å². The SMILES string of the molecule is Cc1ccc2oc(C(NN)c3ccc(C)c(Br)c3)cc2c1. The largest absolute Gasteiger partial charge is 0.459 e. The van der Waals surface area contributed by atoms with Gasteiger partial charge in [0.2, 0.25) is 0 Å². The van der Waals surface area contributed by atoms with Crippen LogP contribution in [-0.4, -0.2) is 0 Å². The first-order chi connectivity index (χ1) is 10.1. The van der Waals surface area contributed by atoms with E-state index in [1.807, 2.05) is 18.2 Å². The summed E-state index contributed by atoms with van der Waals surface area (Å²) in [6.45, 7) is 4.13. The Hall–Kier alpha value is -1.62. The minimum atomic E-state index is -0.172. The highest BCUT2D eigenvalue weighted by Crippen LogP contribution is 2.30. The van der Waals surface area contributed by atoms with Gasteiger partial charge >= 0.3 is 0 Å². The number of benzene rings is 2. The molecule has 0 spiro atoms. The average molecular weight is 345 g/mol. The fraction of sp³-hybridized carbons (Fsp3) is 0.176. The number of hydrogen-bond donors (Lipinski definition) is 2. The summed E-state index contributed by atoms with van der Waals surface area (Å²) in [6, 6.07) is 14.2. The third-order valence-corrected chi connectivity index (χ3v) is 4.53. The van der Waals surface area contributed by atoms with Crippen LogP contribution >= 0.6 is 15.9 Å². The number of nitrogens with two attached hydrogens (primary N) is 1. The van der Waals surface area contributed by atoms with Crippen molar-refractivity contribution in [2.75, 3.05) is 0 Å². The minimum Gasteiger partial charge on any atom is -0.459 e. The van der Waals surface area contributed by atoms with E-state index < -0.39 is 0 Å².